The van der Waals surface area contributed by atoms with Gasteiger partial charge in [-0.2, -0.15) is 0 Å². The number of amides is 1. The minimum absolute atomic E-state index is 0.112. The van der Waals surface area contributed by atoms with Crippen molar-refractivity contribution in [2.75, 3.05) is 26.8 Å². The highest BCUT2D eigenvalue weighted by Gasteiger charge is 2.55. The van der Waals surface area contributed by atoms with Gasteiger partial charge in [0.05, 0.1) is 19.6 Å². The molecule has 1 saturated heterocycles. The highest BCUT2D eigenvalue weighted by molar-refractivity contribution is 5.78. The van der Waals surface area contributed by atoms with Crippen LogP contribution in [0.2, 0.25) is 0 Å². The molecule has 1 N–H and O–H groups in total. The number of likely N-dealkylation sites (tertiary alicyclic amines) is 1. The number of hydrogen-bond donors (Lipinski definition) is 1. The summed E-state index contributed by atoms with van der Waals surface area (Å²) in [5.41, 5.74) is -0.575. The number of aliphatic carboxylic acids is 1. The van der Waals surface area contributed by atoms with Gasteiger partial charge in [-0.3, -0.25) is 4.79 Å². The van der Waals surface area contributed by atoms with E-state index in [9.17, 15) is 14.7 Å². The van der Waals surface area contributed by atoms with Gasteiger partial charge in [-0.15, -0.1) is 0 Å². The Morgan fingerprint density at radius 1 is 1.35 bits per heavy atom. The number of ether oxygens (including phenoxy) is 3. The first kappa shape index (κ1) is 18.4. The lowest BCUT2D eigenvalue weighted by Gasteiger charge is -2.38. The Bertz CT molecular complexity index is 725. The largest absolute Gasteiger partial charge is 0.493 e. The summed E-state index contributed by atoms with van der Waals surface area (Å²) in [5.74, 6) is -0.517. The average molecular weight is 363 g/mol. The van der Waals surface area contributed by atoms with Gasteiger partial charge in [0, 0.05) is 24.1 Å². The van der Waals surface area contributed by atoms with Crippen molar-refractivity contribution in [1.29, 1.82) is 0 Å². The summed E-state index contributed by atoms with van der Waals surface area (Å²) in [6, 6.07) is 5.48. The van der Waals surface area contributed by atoms with Crippen molar-refractivity contribution in [2.24, 2.45) is 5.92 Å². The third-order valence-electron chi connectivity index (χ3n) is 5.02. The fraction of sp³-hybridized carbons (Fsp3) is 0.579. The molecule has 2 atom stereocenters. The Morgan fingerprint density at radius 2 is 2.08 bits per heavy atom. The van der Waals surface area contributed by atoms with Gasteiger partial charge in [-0.25, -0.2) is 4.79 Å². The molecular weight excluding hydrogens is 338 g/mol. The molecule has 142 valence electrons. The van der Waals surface area contributed by atoms with Crippen LogP contribution in [0.3, 0.4) is 0 Å². The van der Waals surface area contributed by atoms with E-state index in [-0.39, 0.29) is 13.1 Å². The van der Waals surface area contributed by atoms with E-state index in [1.165, 1.54) is 4.90 Å². The van der Waals surface area contributed by atoms with Gasteiger partial charge in [0.15, 0.2) is 11.5 Å². The smallest absolute Gasteiger partial charge is 0.410 e. The van der Waals surface area contributed by atoms with Crippen molar-refractivity contribution in [3.05, 3.63) is 23.8 Å². The Balaban J connectivity index is 2.01. The van der Waals surface area contributed by atoms with E-state index in [0.29, 0.717) is 24.5 Å². The highest BCUT2D eigenvalue weighted by atomic mass is 16.6. The van der Waals surface area contributed by atoms with Crippen LogP contribution in [-0.4, -0.2) is 54.5 Å². The zero-order chi connectivity index (χ0) is 19.1. The van der Waals surface area contributed by atoms with Crippen molar-refractivity contribution in [1.82, 2.24) is 4.90 Å². The molecule has 1 fully saturated rings. The van der Waals surface area contributed by atoms with Crippen molar-refractivity contribution < 1.29 is 28.9 Å². The molecule has 2 aliphatic rings. The molecule has 7 nitrogen and oxygen atoms in total. The Morgan fingerprint density at radius 3 is 2.69 bits per heavy atom. The maximum absolute atomic E-state index is 12.5. The van der Waals surface area contributed by atoms with Crippen LogP contribution in [0.25, 0.3) is 0 Å². The van der Waals surface area contributed by atoms with Gasteiger partial charge in [0.2, 0.25) is 0 Å². The number of nitrogens with zero attached hydrogens (tertiary/aromatic N) is 1. The van der Waals surface area contributed by atoms with Crippen LogP contribution >= 0.6 is 0 Å². The fourth-order valence-corrected chi connectivity index (χ4v) is 3.90. The van der Waals surface area contributed by atoms with Crippen molar-refractivity contribution in [3.8, 4) is 11.5 Å². The van der Waals surface area contributed by atoms with Crippen LogP contribution in [0.1, 0.15) is 32.8 Å². The van der Waals surface area contributed by atoms with E-state index in [4.69, 9.17) is 14.2 Å². The maximum Gasteiger partial charge on any atom is 0.410 e. The van der Waals surface area contributed by atoms with E-state index in [1.807, 2.05) is 12.1 Å². The summed E-state index contributed by atoms with van der Waals surface area (Å²) in [7, 11) is 1.55. The SMILES string of the molecule is COc1cccc2c1OCCC21CN(C(=O)OC(C)(C)C)CC1C(=O)O. The molecule has 2 heterocycles. The minimum Gasteiger partial charge on any atom is -0.493 e. The number of carboxylic acids is 1. The first-order valence-corrected chi connectivity index (χ1v) is 8.69. The molecule has 3 rings (SSSR count). The average Bonchev–Trinajstić information content (AvgIpc) is 2.94. The predicted molar refractivity (Wildman–Crippen MR) is 93.7 cm³/mol. The molecule has 0 aliphatic carbocycles. The number of rotatable bonds is 2. The summed E-state index contributed by atoms with van der Waals surface area (Å²) in [5, 5.41) is 9.86. The number of fused-ring (bicyclic) bond motifs is 2. The van der Waals surface area contributed by atoms with Gasteiger partial charge in [-0.1, -0.05) is 12.1 Å². The first-order chi connectivity index (χ1) is 12.2. The third kappa shape index (κ3) is 3.06. The second kappa shape index (κ2) is 6.37. The van der Waals surface area contributed by atoms with Crippen LogP contribution in [0, 0.1) is 5.92 Å². The summed E-state index contributed by atoms with van der Waals surface area (Å²) in [4.78, 5) is 26.1. The molecular formula is C19H25NO6. The Kier molecular flexibility index (Phi) is 4.50. The van der Waals surface area contributed by atoms with E-state index in [0.717, 1.165) is 5.56 Å². The van der Waals surface area contributed by atoms with Crippen LogP contribution in [0.5, 0.6) is 11.5 Å². The zero-order valence-corrected chi connectivity index (χ0v) is 15.6. The molecule has 1 spiro atoms. The normalized spacial score (nSPS) is 24.8. The molecule has 7 heteroatoms. The molecule has 1 aromatic carbocycles. The van der Waals surface area contributed by atoms with Gasteiger partial charge >= 0.3 is 12.1 Å². The van der Waals surface area contributed by atoms with E-state index in [1.54, 1.807) is 33.9 Å². The van der Waals surface area contributed by atoms with Crippen LogP contribution in [-0.2, 0) is 14.9 Å². The number of carboxylic acid groups (broad SMARTS) is 1. The van der Waals surface area contributed by atoms with Crippen molar-refractivity contribution in [2.45, 2.75) is 38.2 Å². The molecule has 1 amide bonds. The topological polar surface area (TPSA) is 85.3 Å². The molecule has 2 aliphatic heterocycles. The lowest BCUT2D eigenvalue weighted by Crippen LogP contribution is -2.43. The van der Waals surface area contributed by atoms with E-state index in [2.05, 4.69) is 0 Å². The zero-order valence-electron chi connectivity index (χ0n) is 15.6. The Hall–Kier alpha value is -2.44. The van der Waals surface area contributed by atoms with Gasteiger partial charge in [0.1, 0.15) is 5.60 Å². The number of carbonyl (C=O) groups excluding carboxylic acids is 1. The molecule has 1 aromatic rings. The summed E-state index contributed by atoms with van der Waals surface area (Å²) in [6.07, 6.45) is 0.0280. The van der Waals surface area contributed by atoms with Crippen LogP contribution < -0.4 is 9.47 Å². The number of para-hydroxylation sites is 1. The number of carbonyl (C=O) groups is 2. The summed E-state index contributed by atoms with van der Waals surface area (Å²) >= 11 is 0. The number of benzene rings is 1. The standard InChI is InChI=1S/C19H25NO6/c1-18(2,3)26-17(23)20-10-13(16(21)22)19(11-20)8-9-25-15-12(19)6-5-7-14(15)24-4/h5-7,13H,8-11H2,1-4H3,(H,21,22). The Labute approximate surface area is 152 Å². The maximum atomic E-state index is 12.5. The van der Waals surface area contributed by atoms with Gasteiger partial charge in [-0.05, 0) is 33.3 Å². The molecule has 0 radical (unpaired) electrons. The molecule has 0 aromatic heterocycles. The quantitative estimate of drug-likeness (QED) is 0.869. The van der Waals surface area contributed by atoms with Gasteiger partial charge in [0.25, 0.3) is 0 Å². The third-order valence-corrected chi connectivity index (χ3v) is 5.02. The molecule has 0 saturated carbocycles. The minimum atomic E-state index is -0.924. The predicted octanol–water partition coefficient (Wildman–Crippen LogP) is 2.67. The number of hydrogen-bond acceptors (Lipinski definition) is 5. The van der Waals surface area contributed by atoms with Crippen LogP contribution in [0.4, 0.5) is 4.79 Å². The van der Waals surface area contributed by atoms with E-state index >= 15 is 0 Å². The fourth-order valence-electron chi connectivity index (χ4n) is 3.90. The molecule has 0 bridgehead atoms. The second-order valence-electron chi connectivity index (χ2n) is 7.84. The van der Waals surface area contributed by atoms with Crippen molar-refractivity contribution >= 4 is 12.1 Å². The molecule has 26 heavy (non-hydrogen) atoms. The lowest BCUT2D eigenvalue weighted by atomic mass is 9.69. The van der Waals surface area contributed by atoms with E-state index < -0.39 is 29.0 Å². The molecule has 2 unspecified atom stereocenters. The number of methoxy groups -OCH3 is 1. The monoisotopic (exact) mass is 363 g/mol. The van der Waals surface area contributed by atoms with Gasteiger partial charge < -0.3 is 24.2 Å². The van der Waals surface area contributed by atoms with Crippen LogP contribution in [0.15, 0.2) is 18.2 Å². The summed E-state index contributed by atoms with van der Waals surface area (Å²) < 4.78 is 16.6. The highest BCUT2D eigenvalue weighted by Crippen LogP contribution is 2.51. The first-order valence-electron chi connectivity index (χ1n) is 8.69. The summed E-state index contributed by atoms with van der Waals surface area (Å²) in [6.45, 7) is 6.14. The lowest BCUT2D eigenvalue weighted by molar-refractivity contribution is -0.143. The second-order valence-corrected chi connectivity index (χ2v) is 7.84. The van der Waals surface area contributed by atoms with Crippen molar-refractivity contribution in [3.63, 3.8) is 0 Å².